The van der Waals surface area contributed by atoms with Gasteiger partial charge in [0.15, 0.2) is 0 Å². The molecule has 2 rings (SSSR count). The van der Waals surface area contributed by atoms with Gasteiger partial charge < -0.3 is 10.2 Å². The number of nitrogens with zero attached hydrogens (tertiary/aromatic N) is 2. The third-order valence-electron chi connectivity index (χ3n) is 4.33. The number of benzene rings is 1. The summed E-state index contributed by atoms with van der Waals surface area (Å²) in [7, 11) is 4.00. The van der Waals surface area contributed by atoms with Crippen molar-refractivity contribution in [2.24, 2.45) is 0 Å². The summed E-state index contributed by atoms with van der Waals surface area (Å²) in [5.41, 5.74) is 1.49. The Morgan fingerprint density at radius 2 is 1.65 bits per heavy atom. The van der Waals surface area contributed by atoms with Crippen LogP contribution in [0.4, 0.5) is 11.4 Å². The summed E-state index contributed by atoms with van der Waals surface area (Å²) in [5, 5.41) is 3.01. The van der Waals surface area contributed by atoms with E-state index in [9.17, 15) is 4.79 Å². The number of carbonyl (C=O) groups is 1. The van der Waals surface area contributed by atoms with E-state index in [-0.39, 0.29) is 5.91 Å². The Kier molecular flexibility index (Phi) is 3.78. The quantitative estimate of drug-likeness (QED) is 0.858. The molecule has 1 aromatic carbocycles. The smallest absolute Gasteiger partial charge is 0.244 e. The van der Waals surface area contributed by atoms with E-state index in [1.54, 1.807) is 0 Å². The molecule has 2 unspecified atom stereocenters. The van der Waals surface area contributed by atoms with Gasteiger partial charge in [-0.3, -0.25) is 9.69 Å². The van der Waals surface area contributed by atoms with E-state index in [1.165, 1.54) is 0 Å². The minimum absolute atomic E-state index is 0.0475. The summed E-state index contributed by atoms with van der Waals surface area (Å²) in [6.45, 7) is 8.28. The van der Waals surface area contributed by atoms with Gasteiger partial charge >= 0.3 is 0 Å². The van der Waals surface area contributed by atoms with E-state index in [0.717, 1.165) is 11.4 Å². The van der Waals surface area contributed by atoms with Crippen LogP contribution < -0.4 is 10.2 Å². The van der Waals surface area contributed by atoms with Crippen LogP contribution in [0.25, 0.3) is 0 Å². The predicted molar refractivity (Wildman–Crippen MR) is 84.2 cm³/mol. The van der Waals surface area contributed by atoms with E-state index in [2.05, 4.69) is 24.1 Å². The average Bonchev–Trinajstić information content (AvgIpc) is 2.98. The number of carbonyl (C=O) groups excluding carboxylic acids is 1. The van der Waals surface area contributed by atoms with Crippen molar-refractivity contribution in [3.8, 4) is 0 Å². The van der Waals surface area contributed by atoms with Crippen molar-refractivity contribution in [2.45, 2.75) is 45.3 Å². The molecule has 0 spiro atoms. The molecule has 1 saturated heterocycles. The lowest BCUT2D eigenvalue weighted by Crippen LogP contribution is -2.45. The molecule has 0 aromatic heterocycles. The lowest BCUT2D eigenvalue weighted by Gasteiger charge is -2.26. The number of hydrogen-bond donors (Lipinski definition) is 1. The molecule has 1 aromatic rings. The highest BCUT2D eigenvalue weighted by Gasteiger charge is 2.52. The summed E-state index contributed by atoms with van der Waals surface area (Å²) < 4.78 is 0. The van der Waals surface area contributed by atoms with Crippen LogP contribution in [0.2, 0.25) is 0 Å². The monoisotopic (exact) mass is 275 g/mol. The molecule has 0 radical (unpaired) electrons. The van der Waals surface area contributed by atoms with Crippen molar-refractivity contribution in [1.29, 1.82) is 0 Å². The van der Waals surface area contributed by atoms with Gasteiger partial charge in [-0.15, -0.1) is 0 Å². The third-order valence-corrected chi connectivity index (χ3v) is 4.33. The van der Waals surface area contributed by atoms with Gasteiger partial charge in [0.1, 0.15) is 0 Å². The first kappa shape index (κ1) is 14.9. The van der Waals surface area contributed by atoms with Crippen LogP contribution >= 0.6 is 0 Å². The minimum atomic E-state index is -0.473. The maximum Gasteiger partial charge on any atom is 0.244 e. The second-order valence-electron chi connectivity index (χ2n) is 6.34. The van der Waals surface area contributed by atoms with Crippen molar-refractivity contribution in [3.05, 3.63) is 24.3 Å². The van der Waals surface area contributed by atoms with Crippen molar-refractivity contribution >= 4 is 17.3 Å². The molecule has 110 valence electrons. The summed E-state index contributed by atoms with van der Waals surface area (Å²) in [6.07, 6.45) is 0. The molecule has 0 bridgehead atoms. The summed E-state index contributed by atoms with van der Waals surface area (Å²) in [6, 6.07) is 8.85. The van der Waals surface area contributed by atoms with Crippen LogP contribution in [-0.2, 0) is 4.79 Å². The lowest BCUT2D eigenvalue weighted by molar-refractivity contribution is -0.123. The molecule has 1 N–H and O–H groups in total. The first-order valence-electron chi connectivity index (χ1n) is 7.12. The Morgan fingerprint density at radius 3 is 2.05 bits per heavy atom. The zero-order valence-corrected chi connectivity index (χ0v) is 13.3. The average molecular weight is 275 g/mol. The van der Waals surface area contributed by atoms with Gasteiger partial charge in [-0.05, 0) is 52.0 Å². The number of hydrogen-bond acceptors (Lipinski definition) is 3. The maximum absolute atomic E-state index is 12.5. The SMILES string of the molecule is CC1C(C)N1C(C)(C)C(=O)Nc1ccc(N(C)C)cc1. The molecule has 1 aliphatic rings. The van der Waals surface area contributed by atoms with E-state index in [4.69, 9.17) is 0 Å². The minimum Gasteiger partial charge on any atom is -0.378 e. The molecule has 0 saturated carbocycles. The van der Waals surface area contributed by atoms with Gasteiger partial charge in [-0.25, -0.2) is 0 Å². The fraction of sp³-hybridized carbons (Fsp3) is 0.562. The van der Waals surface area contributed by atoms with Crippen LogP contribution in [0, 0.1) is 0 Å². The highest BCUT2D eigenvalue weighted by atomic mass is 16.2. The molecule has 0 aliphatic carbocycles. The Hall–Kier alpha value is -1.55. The molecule has 4 nitrogen and oxygen atoms in total. The van der Waals surface area contributed by atoms with E-state index in [0.29, 0.717) is 12.1 Å². The number of rotatable bonds is 4. The number of anilines is 2. The van der Waals surface area contributed by atoms with Crippen molar-refractivity contribution in [2.75, 3.05) is 24.3 Å². The maximum atomic E-state index is 12.5. The zero-order valence-electron chi connectivity index (χ0n) is 13.3. The van der Waals surface area contributed by atoms with Crippen LogP contribution in [-0.4, -0.2) is 42.5 Å². The van der Waals surface area contributed by atoms with E-state index < -0.39 is 5.54 Å². The van der Waals surface area contributed by atoms with E-state index in [1.807, 2.05) is 57.1 Å². The van der Waals surface area contributed by atoms with Crippen LogP contribution in [0.3, 0.4) is 0 Å². The van der Waals surface area contributed by atoms with Crippen LogP contribution in [0.1, 0.15) is 27.7 Å². The Balaban J connectivity index is 2.04. The van der Waals surface area contributed by atoms with Gasteiger partial charge in [-0.1, -0.05) is 0 Å². The molecular weight excluding hydrogens is 250 g/mol. The fourth-order valence-electron chi connectivity index (χ4n) is 2.77. The first-order valence-corrected chi connectivity index (χ1v) is 7.12. The molecule has 4 heteroatoms. The number of amides is 1. The van der Waals surface area contributed by atoms with Crippen LogP contribution in [0.15, 0.2) is 24.3 Å². The molecule has 2 atom stereocenters. The second kappa shape index (κ2) is 5.09. The van der Waals surface area contributed by atoms with E-state index >= 15 is 0 Å². The zero-order chi connectivity index (χ0) is 15.1. The largest absolute Gasteiger partial charge is 0.378 e. The van der Waals surface area contributed by atoms with Gasteiger partial charge in [0, 0.05) is 37.6 Å². The fourth-order valence-corrected chi connectivity index (χ4v) is 2.77. The third kappa shape index (κ3) is 2.66. The van der Waals surface area contributed by atoms with Crippen LogP contribution in [0.5, 0.6) is 0 Å². The highest BCUT2D eigenvalue weighted by Crippen LogP contribution is 2.37. The van der Waals surface area contributed by atoms with Gasteiger partial charge in [-0.2, -0.15) is 0 Å². The first-order chi connectivity index (χ1) is 9.25. The Bertz CT molecular complexity index is 485. The number of nitrogens with one attached hydrogen (secondary N) is 1. The van der Waals surface area contributed by atoms with Gasteiger partial charge in [0.05, 0.1) is 5.54 Å². The lowest BCUT2D eigenvalue weighted by atomic mass is 10.0. The normalized spacial score (nSPS) is 25.2. The van der Waals surface area contributed by atoms with Crippen molar-refractivity contribution in [1.82, 2.24) is 4.90 Å². The molecule has 1 fully saturated rings. The summed E-state index contributed by atoms with van der Waals surface area (Å²) in [4.78, 5) is 16.7. The molecule has 20 heavy (non-hydrogen) atoms. The molecule has 1 heterocycles. The molecular formula is C16H25N3O. The standard InChI is InChI=1S/C16H25N3O/c1-11-12(2)19(11)16(3,4)15(20)17-13-7-9-14(10-8-13)18(5)6/h7-12H,1-6H3,(H,17,20). The van der Waals surface area contributed by atoms with Crippen molar-refractivity contribution in [3.63, 3.8) is 0 Å². The topological polar surface area (TPSA) is 35.4 Å². The summed E-state index contributed by atoms with van der Waals surface area (Å²) >= 11 is 0. The second-order valence-corrected chi connectivity index (χ2v) is 6.34. The Morgan fingerprint density at radius 1 is 1.15 bits per heavy atom. The predicted octanol–water partition coefficient (Wildman–Crippen LogP) is 2.56. The molecule has 1 aliphatic heterocycles. The highest BCUT2D eigenvalue weighted by molar-refractivity contribution is 5.98. The molecule has 1 amide bonds. The van der Waals surface area contributed by atoms with Crippen molar-refractivity contribution < 1.29 is 4.79 Å². The van der Waals surface area contributed by atoms with Gasteiger partial charge in [0.25, 0.3) is 0 Å². The Labute approximate surface area is 121 Å². The van der Waals surface area contributed by atoms with Gasteiger partial charge in [0.2, 0.25) is 5.91 Å². The summed E-state index contributed by atoms with van der Waals surface area (Å²) in [5.74, 6) is 0.0475.